The molecule has 4 rings (SSSR count). The number of methoxy groups -OCH3 is 1. The van der Waals surface area contributed by atoms with Crippen molar-refractivity contribution < 1.29 is 31.1 Å². The molecule has 0 unspecified atom stereocenters. The standard InChI is InChI=1S/C18H11F3N4O4S/c1-28-17-13(21)6-10-14-8(7-24-16(10)25-17)2-3-23-18(14)29-15-11(19)4-9(5-12(15)20)30(22,26)27/h2-7H,1H3,(H2,22,26,27). The quantitative estimate of drug-likeness (QED) is 0.489. The number of halogens is 3. The lowest BCUT2D eigenvalue weighted by Crippen LogP contribution is -2.13. The molecule has 0 radical (unpaired) electrons. The number of pyridine rings is 3. The molecule has 8 nitrogen and oxygen atoms in total. The molecular weight excluding hydrogens is 425 g/mol. The maximum atomic E-state index is 14.4. The molecule has 0 aliphatic heterocycles. The summed E-state index contributed by atoms with van der Waals surface area (Å²) in [6.07, 6.45) is 2.69. The van der Waals surface area contributed by atoms with E-state index >= 15 is 0 Å². The zero-order valence-electron chi connectivity index (χ0n) is 15.1. The number of hydrogen-bond acceptors (Lipinski definition) is 7. The van der Waals surface area contributed by atoms with Crippen LogP contribution in [0.4, 0.5) is 13.2 Å². The third kappa shape index (κ3) is 3.35. The second-order valence-corrected chi connectivity index (χ2v) is 7.61. The van der Waals surface area contributed by atoms with Crippen LogP contribution in [0.3, 0.4) is 0 Å². The highest BCUT2D eigenvalue weighted by Crippen LogP contribution is 2.36. The summed E-state index contributed by atoms with van der Waals surface area (Å²) in [5.41, 5.74) is 0.0871. The number of fused-ring (bicyclic) bond motifs is 3. The van der Waals surface area contributed by atoms with E-state index in [0.717, 1.165) is 6.07 Å². The van der Waals surface area contributed by atoms with Gasteiger partial charge >= 0.3 is 0 Å². The van der Waals surface area contributed by atoms with Crippen LogP contribution in [-0.4, -0.2) is 30.5 Å². The Morgan fingerprint density at radius 1 is 1.00 bits per heavy atom. The van der Waals surface area contributed by atoms with E-state index in [0.29, 0.717) is 17.5 Å². The van der Waals surface area contributed by atoms with Crippen molar-refractivity contribution in [3.63, 3.8) is 0 Å². The van der Waals surface area contributed by atoms with Crippen molar-refractivity contribution in [3.05, 3.63) is 54.1 Å². The zero-order valence-corrected chi connectivity index (χ0v) is 15.9. The average molecular weight is 436 g/mol. The van der Waals surface area contributed by atoms with E-state index in [9.17, 15) is 21.6 Å². The van der Waals surface area contributed by atoms with Gasteiger partial charge < -0.3 is 9.47 Å². The summed E-state index contributed by atoms with van der Waals surface area (Å²) >= 11 is 0. The summed E-state index contributed by atoms with van der Waals surface area (Å²) in [5.74, 6) is -4.88. The molecule has 0 atom stereocenters. The monoisotopic (exact) mass is 436 g/mol. The molecule has 0 aliphatic rings. The Morgan fingerprint density at radius 2 is 1.70 bits per heavy atom. The Balaban J connectivity index is 1.93. The fourth-order valence-corrected chi connectivity index (χ4v) is 3.36. The van der Waals surface area contributed by atoms with Crippen molar-refractivity contribution >= 4 is 31.8 Å². The van der Waals surface area contributed by atoms with Gasteiger partial charge in [0.2, 0.25) is 21.7 Å². The zero-order chi connectivity index (χ0) is 21.6. The van der Waals surface area contributed by atoms with Gasteiger partial charge in [0, 0.05) is 23.2 Å². The van der Waals surface area contributed by atoms with Crippen molar-refractivity contribution in [1.82, 2.24) is 15.0 Å². The van der Waals surface area contributed by atoms with Crippen molar-refractivity contribution in [2.24, 2.45) is 5.14 Å². The number of benzene rings is 1. The second kappa shape index (κ2) is 7.07. The molecule has 0 bridgehead atoms. The van der Waals surface area contributed by atoms with Gasteiger partial charge in [-0.05, 0) is 24.3 Å². The fourth-order valence-electron chi connectivity index (χ4n) is 2.83. The molecule has 154 valence electrons. The van der Waals surface area contributed by atoms with Crippen molar-refractivity contribution in [2.45, 2.75) is 4.90 Å². The van der Waals surface area contributed by atoms with Crippen LogP contribution < -0.4 is 14.6 Å². The Bertz CT molecular complexity index is 1410. The van der Waals surface area contributed by atoms with Gasteiger partial charge in [0.25, 0.3) is 5.88 Å². The van der Waals surface area contributed by atoms with Crippen molar-refractivity contribution in [3.8, 4) is 17.5 Å². The SMILES string of the molecule is COc1nc2ncc3ccnc(Oc4c(F)cc(S(N)(=O)=O)cc4F)c3c2cc1F. The van der Waals surface area contributed by atoms with Crippen LogP contribution in [0.2, 0.25) is 0 Å². The molecule has 30 heavy (non-hydrogen) atoms. The molecule has 12 heteroatoms. The summed E-state index contributed by atoms with van der Waals surface area (Å²) in [6, 6.07) is 3.66. The van der Waals surface area contributed by atoms with E-state index in [-0.39, 0.29) is 28.2 Å². The van der Waals surface area contributed by atoms with E-state index in [1.807, 2.05) is 0 Å². The van der Waals surface area contributed by atoms with Crippen LogP contribution in [0.5, 0.6) is 17.5 Å². The largest absolute Gasteiger partial charge is 0.479 e. The first-order valence-electron chi connectivity index (χ1n) is 8.16. The number of sulfonamides is 1. The predicted molar refractivity (Wildman–Crippen MR) is 99.2 cm³/mol. The number of hydrogen-bond donors (Lipinski definition) is 1. The molecule has 3 aromatic heterocycles. The summed E-state index contributed by atoms with van der Waals surface area (Å²) in [7, 11) is -3.09. The normalized spacial score (nSPS) is 11.8. The third-order valence-corrected chi connectivity index (χ3v) is 5.05. The van der Waals surface area contributed by atoms with Crippen LogP contribution in [0.25, 0.3) is 21.8 Å². The van der Waals surface area contributed by atoms with E-state index in [1.54, 1.807) is 0 Å². The Labute approximate surface area is 167 Å². The van der Waals surface area contributed by atoms with Crippen molar-refractivity contribution in [1.29, 1.82) is 0 Å². The molecule has 2 N–H and O–H groups in total. The minimum Gasteiger partial charge on any atom is -0.479 e. The van der Waals surface area contributed by atoms with E-state index in [1.165, 1.54) is 25.6 Å². The van der Waals surface area contributed by atoms with Gasteiger partial charge in [0.05, 0.1) is 17.4 Å². The van der Waals surface area contributed by atoms with Gasteiger partial charge in [-0.15, -0.1) is 0 Å². The first kappa shape index (κ1) is 19.8. The summed E-state index contributed by atoms with van der Waals surface area (Å²) < 4.78 is 75.8. The highest BCUT2D eigenvalue weighted by Gasteiger charge is 2.21. The molecular formula is C18H11F3N4O4S. The van der Waals surface area contributed by atoms with E-state index in [4.69, 9.17) is 14.6 Å². The molecule has 0 saturated carbocycles. The van der Waals surface area contributed by atoms with Gasteiger partial charge in [0.1, 0.15) is 0 Å². The number of nitrogens with zero attached hydrogens (tertiary/aromatic N) is 3. The highest BCUT2D eigenvalue weighted by atomic mass is 32.2. The number of nitrogens with two attached hydrogens (primary N) is 1. The molecule has 1 aromatic carbocycles. The Kier molecular flexibility index (Phi) is 4.67. The first-order valence-corrected chi connectivity index (χ1v) is 9.71. The average Bonchev–Trinajstić information content (AvgIpc) is 2.69. The fraction of sp³-hybridized carbons (Fsp3) is 0.0556. The number of ether oxygens (including phenoxy) is 2. The lowest BCUT2D eigenvalue weighted by molar-refractivity contribution is 0.371. The minimum atomic E-state index is -4.33. The predicted octanol–water partition coefficient (Wildman–Crippen LogP) is 3.04. The first-order chi connectivity index (χ1) is 14.2. The number of rotatable bonds is 4. The van der Waals surface area contributed by atoms with Crippen LogP contribution in [0, 0.1) is 17.5 Å². The van der Waals surface area contributed by atoms with Crippen molar-refractivity contribution in [2.75, 3.05) is 7.11 Å². The maximum Gasteiger partial charge on any atom is 0.252 e. The molecule has 4 aromatic rings. The van der Waals surface area contributed by atoms with Gasteiger partial charge in [-0.1, -0.05) is 0 Å². The lowest BCUT2D eigenvalue weighted by atomic mass is 10.1. The van der Waals surface area contributed by atoms with E-state index < -0.39 is 38.1 Å². The summed E-state index contributed by atoms with van der Waals surface area (Å²) in [6.45, 7) is 0. The van der Waals surface area contributed by atoms with Gasteiger partial charge in [0.15, 0.2) is 23.1 Å². The second-order valence-electron chi connectivity index (χ2n) is 6.05. The molecule has 0 amide bonds. The lowest BCUT2D eigenvalue weighted by Gasteiger charge is -2.12. The van der Waals surface area contributed by atoms with Crippen LogP contribution in [0.15, 0.2) is 41.6 Å². The smallest absolute Gasteiger partial charge is 0.252 e. The number of aromatic nitrogens is 3. The van der Waals surface area contributed by atoms with Crippen LogP contribution >= 0.6 is 0 Å². The minimum absolute atomic E-state index is 0.0871. The third-order valence-electron chi connectivity index (χ3n) is 4.16. The molecule has 0 saturated heterocycles. The number of primary sulfonamides is 1. The van der Waals surface area contributed by atoms with Crippen LogP contribution in [0.1, 0.15) is 0 Å². The molecule has 0 fully saturated rings. The molecule has 0 spiro atoms. The van der Waals surface area contributed by atoms with Gasteiger partial charge in [-0.2, -0.15) is 4.98 Å². The molecule has 0 aliphatic carbocycles. The topological polar surface area (TPSA) is 117 Å². The van der Waals surface area contributed by atoms with Gasteiger partial charge in [-0.25, -0.2) is 36.7 Å². The van der Waals surface area contributed by atoms with Gasteiger partial charge in [-0.3, -0.25) is 0 Å². The maximum absolute atomic E-state index is 14.4. The Morgan fingerprint density at radius 3 is 2.33 bits per heavy atom. The molecule has 3 heterocycles. The Hall–Kier alpha value is -3.51. The van der Waals surface area contributed by atoms with E-state index in [2.05, 4.69) is 15.0 Å². The summed E-state index contributed by atoms with van der Waals surface area (Å²) in [4.78, 5) is 11.3. The summed E-state index contributed by atoms with van der Waals surface area (Å²) in [5, 5.41) is 5.68. The highest BCUT2D eigenvalue weighted by molar-refractivity contribution is 7.89. The van der Waals surface area contributed by atoms with Crippen LogP contribution in [-0.2, 0) is 10.0 Å².